The molecule has 0 radical (unpaired) electrons. The summed E-state index contributed by atoms with van der Waals surface area (Å²) in [5.41, 5.74) is 7.36. The van der Waals surface area contributed by atoms with Crippen molar-refractivity contribution in [3.63, 3.8) is 0 Å². The summed E-state index contributed by atoms with van der Waals surface area (Å²) in [5.74, 6) is 0. The van der Waals surface area contributed by atoms with Crippen LogP contribution in [0.5, 0.6) is 0 Å². The SMILES string of the molecule is [C-]#[N+]c1cc2c(cc1Cl)c(-c1cc(C)c3c(c1)CNCC3)nn2COCC[Si](C)(C)C. The Bertz CT molecular complexity index is 1170. The average Bonchev–Trinajstić information content (AvgIpc) is 3.07. The molecule has 162 valence electrons. The molecule has 3 aromatic rings. The fourth-order valence-electron chi connectivity index (χ4n) is 4.09. The van der Waals surface area contributed by atoms with Gasteiger partial charge in [-0.05, 0) is 66.9 Å². The summed E-state index contributed by atoms with van der Waals surface area (Å²) in [6, 6.07) is 9.27. The third kappa shape index (κ3) is 4.70. The maximum atomic E-state index is 7.45. The molecule has 0 saturated carbocycles. The van der Waals surface area contributed by atoms with Crippen molar-refractivity contribution >= 4 is 36.3 Å². The minimum absolute atomic E-state index is 0.367. The van der Waals surface area contributed by atoms with Crippen molar-refractivity contribution < 1.29 is 4.74 Å². The van der Waals surface area contributed by atoms with E-state index in [0.29, 0.717) is 17.4 Å². The number of fused-ring (bicyclic) bond motifs is 2. The average molecular weight is 453 g/mol. The van der Waals surface area contributed by atoms with E-state index in [2.05, 4.69) is 48.9 Å². The van der Waals surface area contributed by atoms with E-state index in [-0.39, 0.29) is 0 Å². The molecule has 4 rings (SSSR count). The van der Waals surface area contributed by atoms with Crippen molar-refractivity contribution in [3.8, 4) is 11.3 Å². The van der Waals surface area contributed by atoms with Crippen molar-refractivity contribution in [1.82, 2.24) is 15.1 Å². The van der Waals surface area contributed by atoms with Crippen molar-refractivity contribution in [2.45, 2.75) is 52.3 Å². The Hall–Kier alpha value is -2.17. The molecule has 5 nitrogen and oxygen atoms in total. The molecule has 2 aromatic carbocycles. The predicted molar refractivity (Wildman–Crippen MR) is 131 cm³/mol. The zero-order valence-electron chi connectivity index (χ0n) is 18.7. The number of hydrogen-bond acceptors (Lipinski definition) is 3. The first-order valence-corrected chi connectivity index (χ1v) is 14.8. The van der Waals surface area contributed by atoms with Crippen LogP contribution >= 0.6 is 11.6 Å². The standard InChI is InChI=1S/C24H29ClN4OSi/c1-16-10-17(11-18-14-27-7-6-19(16)18)24-20-12-21(25)22(26-2)13-23(20)29(28-24)15-30-8-9-31(3,4)5/h10-13,27H,6-9,14-15H2,1,3-5H3. The Labute approximate surface area is 190 Å². The third-order valence-corrected chi connectivity index (χ3v) is 7.86. The highest BCUT2D eigenvalue weighted by Gasteiger charge is 2.19. The maximum Gasteiger partial charge on any atom is 0.207 e. The van der Waals surface area contributed by atoms with Gasteiger partial charge in [-0.15, -0.1) is 0 Å². The lowest BCUT2D eigenvalue weighted by atomic mass is 9.92. The largest absolute Gasteiger partial charge is 0.360 e. The fourth-order valence-corrected chi connectivity index (χ4v) is 5.05. The van der Waals surface area contributed by atoms with Gasteiger partial charge in [0.05, 0.1) is 12.1 Å². The summed E-state index contributed by atoms with van der Waals surface area (Å²) in [5, 5.41) is 9.80. The summed E-state index contributed by atoms with van der Waals surface area (Å²) in [7, 11) is -1.16. The van der Waals surface area contributed by atoms with Gasteiger partial charge < -0.3 is 10.1 Å². The third-order valence-electron chi connectivity index (χ3n) is 5.86. The lowest BCUT2D eigenvalue weighted by Crippen LogP contribution is -2.24. The number of halogens is 1. The number of hydrogen-bond donors (Lipinski definition) is 1. The molecular weight excluding hydrogens is 424 g/mol. The van der Waals surface area contributed by atoms with E-state index in [9.17, 15) is 0 Å². The van der Waals surface area contributed by atoms with Gasteiger partial charge in [0, 0.05) is 37.2 Å². The number of nitrogens with one attached hydrogen (secondary N) is 1. The van der Waals surface area contributed by atoms with Crippen LogP contribution in [0.25, 0.3) is 27.0 Å². The minimum atomic E-state index is -1.16. The highest BCUT2D eigenvalue weighted by atomic mass is 35.5. The van der Waals surface area contributed by atoms with Gasteiger partial charge in [-0.1, -0.05) is 31.2 Å². The smallest absolute Gasteiger partial charge is 0.207 e. The van der Waals surface area contributed by atoms with Gasteiger partial charge in [0.1, 0.15) is 12.4 Å². The molecule has 1 N–H and O–H groups in total. The number of nitrogens with zero attached hydrogens (tertiary/aromatic N) is 3. The van der Waals surface area contributed by atoms with Crippen LogP contribution in [0.3, 0.4) is 0 Å². The summed E-state index contributed by atoms with van der Waals surface area (Å²) >= 11 is 6.41. The molecule has 0 unspecified atom stereocenters. The van der Waals surface area contributed by atoms with Gasteiger partial charge in [0.25, 0.3) is 0 Å². The summed E-state index contributed by atoms with van der Waals surface area (Å²) in [4.78, 5) is 3.58. The molecule has 0 atom stereocenters. The first-order chi connectivity index (χ1) is 14.8. The number of benzene rings is 2. The van der Waals surface area contributed by atoms with E-state index in [4.69, 9.17) is 28.0 Å². The van der Waals surface area contributed by atoms with Crippen molar-refractivity contribution in [2.24, 2.45) is 0 Å². The quantitative estimate of drug-likeness (QED) is 0.276. The molecule has 2 heterocycles. The molecule has 0 bridgehead atoms. The molecule has 1 aliphatic heterocycles. The fraction of sp³-hybridized carbons (Fsp3) is 0.417. The van der Waals surface area contributed by atoms with E-state index in [1.54, 1.807) is 0 Å². The normalized spacial score (nSPS) is 13.9. The van der Waals surface area contributed by atoms with Crippen LogP contribution in [0.4, 0.5) is 5.69 Å². The van der Waals surface area contributed by atoms with Gasteiger partial charge >= 0.3 is 0 Å². The van der Waals surface area contributed by atoms with Gasteiger partial charge in [0.15, 0.2) is 0 Å². The Morgan fingerprint density at radius 2 is 2.06 bits per heavy atom. The Morgan fingerprint density at radius 3 is 2.81 bits per heavy atom. The molecule has 0 spiro atoms. The Morgan fingerprint density at radius 1 is 1.26 bits per heavy atom. The summed E-state index contributed by atoms with van der Waals surface area (Å²) in [6.07, 6.45) is 1.06. The number of ether oxygens (including phenoxy) is 1. The first-order valence-electron chi connectivity index (χ1n) is 10.8. The van der Waals surface area contributed by atoms with Crippen molar-refractivity contribution in [2.75, 3.05) is 13.2 Å². The molecule has 31 heavy (non-hydrogen) atoms. The molecular formula is C24H29ClN4OSi. The molecule has 0 amide bonds. The molecule has 1 aromatic heterocycles. The zero-order chi connectivity index (χ0) is 22.2. The van der Waals surface area contributed by atoms with Gasteiger partial charge in [-0.3, -0.25) is 0 Å². The lowest BCUT2D eigenvalue weighted by Gasteiger charge is -2.20. The van der Waals surface area contributed by atoms with E-state index >= 15 is 0 Å². The van der Waals surface area contributed by atoms with Crippen LogP contribution in [0, 0.1) is 13.5 Å². The monoisotopic (exact) mass is 452 g/mol. The topological polar surface area (TPSA) is 43.4 Å². The molecule has 0 fully saturated rings. The van der Waals surface area contributed by atoms with Gasteiger partial charge in [-0.2, -0.15) is 5.10 Å². The van der Waals surface area contributed by atoms with Crippen LogP contribution in [0.1, 0.15) is 16.7 Å². The highest BCUT2D eigenvalue weighted by Crippen LogP contribution is 2.37. The predicted octanol–water partition coefficient (Wildman–Crippen LogP) is 6.17. The first kappa shape index (κ1) is 22.0. The Balaban J connectivity index is 1.76. The highest BCUT2D eigenvalue weighted by molar-refractivity contribution is 6.76. The molecule has 1 aliphatic rings. The number of rotatable bonds is 6. The van der Waals surface area contributed by atoms with Crippen molar-refractivity contribution in [1.29, 1.82) is 0 Å². The molecule has 0 aliphatic carbocycles. The Kier molecular flexibility index (Phi) is 6.22. The second-order valence-electron chi connectivity index (χ2n) is 9.49. The van der Waals surface area contributed by atoms with Crippen LogP contribution in [0.15, 0.2) is 24.3 Å². The van der Waals surface area contributed by atoms with Crippen LogP contribution in [0.2, 0.25) is 30.7 Å². The minimum Gasteiger partial charge on any atom is -0.360 e. The number of aryl methyl sites for hydroxylation is 1. The molecule has 7 heteroatoms. The van der Waals surface area contributed by atoms with Gasteiger partial charge in [0.2, 0.25) is 5.69 Å². The van der Waals surface area contributed by atoms with Crippen molar-refractivity contribution in [3.05, 3.63) is 57.4 Å². The van der Waals surface area contributed by atoms with E-state index in [1.165, 1.54) is 16.7 Å². The van der Waals surface area contributed by atoms with Crippen LogP contribution < -0.4 is 5.32 Å². The van der Waals surface area contributed by atoms with E-state index in [0.717, 1.165) is 54.3 Å². The van der Waals surface area contributed by atoms with Crippen LogP contribution in [-0.4, -0.2) is 31.0 Å². The van der Waals surface area contributed by atoms with Gasteiger partial charge in [-0.25, -0.2) is 9.53 Å². The van der Waals surface area contributed by atoms with E-state index < -0.39 is 8.07 Å². The molecule has 0 saturated heterocycles. The summed E-state index contributed by atoms with van der Waals surface area (Å²) < 4.78 is 7.85. The lowest BCUT2D eigenvalue weighted by molar-refractivity contribution is 0.0819. The maximum absolute atomic E-state index is 7.45. The number of aromatic nitrogens is 2. The second-order valence-corrected chi connectivity index (χ2v) is 15.5. The zero-order valence-corrected chi connectivity index (χ0v) is 20.4. The second kappa shape index (κ2) is 8.76. The summed E-state index contributed by atoms with van der Waals surface area (Å²) in [6.45, 7) is 19.6. The van der Waals surface area contributed by atoms with E-state index in [1.807, 2.05) is 16.8 Å². The van der Waals surface area contributed by atoms with Crippen LogP contribution in [-0.2, 0) is 24.4 Å².